The lowest BCUT2D eigenvalue weighted by atomic mass is 10.2. The quantitative estimate of drug-likeness (QED) is 0.769. The van der Waals surface area contributed by atoms with Gasteiger partial charge >= 0.3 is 6.43 Å². The molecule has 88 valence electrons. The summed E-state index contributed by atoms with van der Waals surface area (Å²) in [5.74, 6) is -0.506. The Balaban J connectivity index is 2.29. The van der Waals surface area contributed by atoms with Crippen LogP contribution in [0, 0.1) is 5.92 Å². The summed E-state index contributed by atoms with van der Waals surface area (Å²) in [7, 11) is 0. The highest BCUT2D eigenvalue weighted by Gasteiger charge is 2.30. The molecule has 1 saturated heterocycles. The summed E-state index contributed by atoms with van der Waals surface area (Å²) in [5.41, 5.74) is 0. The van der Waals surface area contributed by atoms with Crippen molar-refractivity contribution in [3.05, 3.63) is 0 Å². The second kappa shape index (κ2) is 5.39. The Morgan fingerprint density at radius 1 is 1.53 bits per heavy atom. The van der Waals surface area contributed by atoms with Gasteiger partial charge in [-0.3, -0.25) is 4.79 Å². The summed E-state index contributed by atoms with van der Waals surface area (Å²) < 4.78 is 24.2. The molecular formula is C10H18F2N2O. The van der Waals surface area contributed by atoms with Gasteiger partial charge in [-0.1, -0.05) is 13.8 Å². The lowest BCUT2D eigenvalue weighted by Crippen LogP contribution is -2.38. The van der Waals surface area contributed by atoms with Crippen LogP contribution >= 0.6 is 0 Å². The Kier molecular flexibility index (Phi) is 4.45. The van der Waals surface area contributed by atoms with E-state index >= 15 is 0 Å². The van der Waals surface area contributed by atoms with Crippen molar-refractivity contribution in [2.45, 2.75) is 32.7 Å². The number of amides is 1. The van der Waals surface area contributed by atoms with Gasteiger partial charge in [-0.25, -0.2) is 0 Å². The Labute approximate surface area is 88.8 Å². The van der Waals surface area contributed by atoms with Gasteiger partial charge in [-0.05, 0) is 18.9 Å². The van der Waals surface area contributed by atoms with E-state index in [0.29, 0.717) is 19.0 Å². The van der Waals surface area contributed by atoms with E-state index in [1.54, 1.807) is 0 Å². The maximum atomic E-state index is 12.1. The standard InChI is InChI=1S/C10H18F2N2O/c1-7(2)5-13-8-3-4-14(6-8)10(15)9(11)12/h7-9,13H,3-6H2,1-2H3/t8-/m0/s1. The Bertz CT molecular complexity index is 221. The number of nitrogens with one attached hydrogen (secondary N) is 1. The minimum atomic E-state index is -2.87. The van der Waals surface area contributed by atoms with Crippen molar-refractivity contribution < 1.29 is 13.6 Å². The average Bonchev–Trinajstić information content (AvgIpc) is 2.61. The van der Waals surface area contributed by atoms with Crippen molar-refractivity contribution in [3.63, 3.8) is 0 Å². The smallest absolute Gasteiger partial charge is 0.315 e. The van der Waals surface area contributed by atoms with Crippen molar-refractivity contribution in [3.8, 4) is 0 Å². The molecule has 1 fully saturated rings. The molecule has 0 aromatic rings. The molecule has 0 spiro atoms. The van der Waals surface area contributed by atoms with E-state index in [1.165, 1.54) is 4.90 Å². The molecule has 0 aromatic heterocycles. The van der Waals surface area contributed by atoms with Gasteiger partial charge in [0.05, 0.1) is 0 Å². The lowest BCUT2D eigenvalue weighted by Gasteiger charge is -2.17. The monoisotopic (exact) mass is 220 g/mol. The predicted octanol–water partition coefficient (Wildman–Crippen LogP) is 1.10. The third-order valence-corrected chi connectivity index (χ3v) is 2.50. The predicted molar refractivity (Wildman–Crippen MR) is 53.8 cm³/mol. The number of hydrogen-bond donors (Lipinski definition) is 1. The zero-order valence-corrected chi connectivity index (χ0v) is 9.17. The van der Waals surface area contributed by atoms with Crippen LogP contribution in [0.4, 0.5) is 8.78 Å². The van der Waals surface area contributed by atoms with Gasteiger partial charge in [-0.15, -0.1) is 0 Å². The third kappa shape index (κ3) is 3.74. The van der Waals surface area contributed by atoms with Gasteiger partial charge in [0.2, 0.25) is 0 Å². The average molecular weight is 220 g/mol. The second-order valence-electron chi connectivity index (χ2n) is 4.37. The fourth-order valence-corrected chi connectivity index (χ4v) is 1.67. The number of halogens is 2. The van der Waals surface area contributed by atoms with Crippen LogP contribution in [0.25, 0.3) is 0 Å². The van der Waals surface area contributed by atoms with Gasteiger partial charge in [-0.2, -0.15) is 8.78 Å². The first-order valence-electron chi connectivity index (χ1n) is 5.31. The highest BCUT2D eigenvalue weighted by atomic mass is 19.3. The molecule has 0 aromatic carbocycles. The number of likely N-dealkylation sites (tertiary alicyclic amines) is 1. The largest absolute Gasteiger partial charge is 0.336 e. The van der Waals surface area contributed by atoms with Crippen LogP contribution in [0.3, 0.4) is 0 Å². The van der Waals surface area contributed by atoms with Crippen LogP contribution in [-0.2, 0) is 4.79 Å². The summed E-state index contributed by atoms with van der Waals surface area (Å²) in [6, 6.07) is 0.176. The van der Waals surface area contributed by atoms with Gasteiger partial charge < -0.3 is 10.2 Å². The molecule has 0 saturated carbocycles. The normalized spacial score (nSPS) is 21.7. The minimum Gasteiger partial charge on any atom is -0.336 e. The first-order valence-corrected chi connectivity index (χ1v) is 5.31. The molecule has 3 nitrogen and oxygen atoms in total. The third-order valence-electron chi connectivity index (χ3n) is 2.50. The molecular weight excluding hydrogens is 202 g/mol. The molecule has 1 heterocycles. The maximum Gasteiger partial charge on any atom is 0.315 e. The maximum absolute atomic E-state index is 12.1. The SMILES string of the molecule is CC(C)CN[C@H]1CCN(C(=O)C(F)F)C1. The molecule has 1 atom stereocenters. The topological polar surface area (TPSA) is 32.3 Å². The second-order valence-corrected chi connectivity index (χ2v) is 4.37. The van der Waals surface area contributed by atoms with Crippen LogP contribution in [0.5, 0.6) is 0 Å². The molecule has 0 unspecified atom stereocenters. The number of nitrogens with zero attached hydrogens (tertiary/aromatic N) is 1. The molecule has 1 aliphatic heterocycles. The number of alkyl halides is 2. The summed E-state index contributed by atoms with van der Waals surface area (Å²) in [5, 5.41) is 3.27. The van der Waals surface area contributed by atoms with Crippen LogP contribution in [0.15, 0.2) is 0 Å². The minimum absolute atomic E-state index is 0.176. The van der Waals surface area contributed by atoms with Crippen LogP contribution in [-0.4, -0.2) is 42.9 Å². The zero-order valence-electron chi connectivity index (χ0n) is 9.17. The van der Waals surface area contributed by atoms with Crippen molar-refractivity contribution >= 4 is 5.91 Å². The highest BCUT2D eigenvalue weighted by molar-refractivity contribution is 5.79. The number of carbonyl (C=O) groups excluding carboxylic acids is 1. The van der Waals surface area contributed by atoms with E-state index in [0.717, 1.165) is 13.0 Å². The molecule has 1 N–H and O–H groups in total. The Morgan fingerprint density at radius 3 is 2.73 bits per heavy atom. The van der Waals surface area contributed by atoms with E-state index in [-0.39, 0.29) is 6.04 Å². The van der Waals surface area contributed by atoms with Gasteiger partial charge in [0.25, 0.3) is 5.91 Å². The number of carbonyl (C=O) groups is 1. The van der Waals surface area contributed by atoms with Crippen LogP contribution in [0.1, 0.15) is 20.3 Å². The first-order chi connectivity index (χ1) is 7.00. The van der Waals surface area contributed by atoms with Crippen molar-refractivity contribution in [2.75, 3.05) is 19.6 Å². The molecule has 1 amide bonds. The van der Waals surface area contributed by atoms with E-state index in [4.69, 9.17) is 0 Å². The number of rotatable bonds is 4. The highest BCUT2D eigenvalue weighted by Crippen LogP contribution is 2.12. The van der Waals surface area contributed by atoms with Crippen LogP contribution in [0.2, 0.25) is 0 Å². The van der Waals surface area contributed by atoms with Crippen molar-refractivity contribution in [2.24, 2.45) is 5.92 Å². The van der Waals surface area contributed by atoms with E-state index in [9.17, 15) is 13.6 Å². The van der Waals surface area contributed by atoms with Gasteiger partial charge in [0, 0.05) is 19.1 Å². The number of hydrogen-bond acceptors (Lipinski definition) is 2. The zero-order chi connectivity index (χ0) is 11.4. The molecule has 15 heavy (non-hydrogen) atoms. The molecule has 0 aliphatic carbocycles. The fraction of sp³-hybridized carbons (Fsp3) is 0.900. The summed E-state index contributed by atoms with van der Waals surface area (Å²) in [6.45, 7) is 5.89. The van der Waals surface area contributed by atoms with E-state index in [1.807, 2.05) is 0 Å². The summed E-state index contributed by atoms with van der Waals surface area (Å²) >= 11 is 0. The molecule has 5 heteroatoms. The molecule has 1 aliphatic rings. The van der Waals surface area contributed by atoms with Crippen LogP contribution < -0.4 is 5.32 Å². The van der Waals surface area contributed by atoms with E-state index in [2.05, 4.69) is 19.2 Å². The summed E-state index contributed by atoms with van der Waals surface area (Å²) in [6.07, 6.45) is -2.10. The molecule has 1 rings (SSSR count). The van der Waals surface area contributed by atoms with Gasteiger partial charge in [0.1, 0.15) is 0 Å². The summed E-state index contributed by atoms with van der Waals surface area (Å²) in [4.78, 5) is 12.2. The first kappa shape index (κ1) is 12.4. The van der Waals surface area contributed by atoms with Gasteiger partial charge in [0.15, 0.2) is 0 Å². The lowest BCUT2D eigenvalue weighted by molar-refractivity contribution is -0.141. The van der Waals surface area contributed by atoms with Crippen molar-refractivity contribution in [1.82, 2.24) is 10.2 Å². The Hall–Kier alpha value is -0.710. The molecule has 0 bridgehead atoms. The molecule has 0 radical (unpaired) electrons. The van der Waals surface area contributed by atoms with E-state index < -0.39 is 12.3 Å². The fourth-order valence-electron chi connectivity index (χ4n) is 1.67. The van der Waals surface area contributed by atoms with Crippen molar-refractivity contribution in [1.29, 1.82) is 0 Å². The Morgan fingerprint density at radius 2 is 2.20 bits per heavy atom.